The van der Waals surface area contributed by atoms with Gasteiger partial charge in [-0.3, -0.25) is 9.88 Å². The van der Waals surface area contributed by atoms with Crippen LogP contribution in [0.25, 0.3) is 10.9 Å². The first kappa shape index (κ1) is 21.1. The highest BCUT2D eigenvalue weighted by Gasteiger charge is 2.56. The number of nitrogens with zero attached hydrogens (tertiary/aromatic N) is 5. The van der Waals surface area contributed by atoms with Crippen LogP contribution in [0.3, 0.4) is 0 Å². The van der Waals surface area contributed by atoms with Gasteiger partial charge < -0.3 is 14.4 Å². The van der Waals surface area contributed by atoms with Crippen LogP contribution in [-0.2, 0) is 4.74 Å². The predicted octanol–water partition coefficient (Wildman–Crippen LogP) is 3.12. The number of rotatable bonds is 4. The predicted molar refractivity (Wildman–Crippen MR) is 115 cm³/mol. The molecule has 4 fully saturated rings. The zero-order valence-electron chi connectivity index (χ0n) is 18.4. The highest BCUT2D eigenvalue weighted by molar-refractivity contribution is 5.90. The van der Waals surface area contributed by atoms with Crippen molar-refractivity contribution in [3.8, 4) is 6.01 Å². The number of alkyl halides is 1. The van der Waals surface area contributed by atoms with E-state index in [1.807, 2.05) is 4.90 Å². The fourth-order valence-electron chi connectivity index (χ4n) is 5.74. The maximum atomic E-state index is 15.1. The molecule has 3 saturated heterocycles. The minimum atomic E-state index is -1.02. The van der Waals surface area contributed by atoms with Crippen molar-refractivity contribution >= 4 is 16.7 Å². The molecule has 3 aliphatic heterocycles. The Bertz CT molecular complexity index is 1130. The molecule has 4 aliphatic rings. The molecule has 2 aromatic rings. The van der Waals surface area contributed by atoms with Crippen LogP contribution < -0.4 is 9.64 Å². The Balaban J connectivity index is 1.37. The SMILES string of the molecule is Cc1ncc2c(N3CCOCC4C(F)C43)nc(OC[C@@]34CCCN3C/C(=C\F)C4)nc2c1F. The van der Waals surface area contributed by atoms with Gasteiger partial charge in [0.25, 0.3) is 0 Å². The number of halogens is 3. The van der Waals surface area contributed by atoms with E-state index in [0.717, 1.165) is 25.0 Å². The van der Waals surface area contributed by atoms with Crippen molar-refractivity contribution in [1.29, 1.82) is 0 Å². The lowest BCUT2D eigenvalue weighted by Gasteiger charge is -2.31. The molecule has 0 aromatic carbocycles. The van der Waals surface area contributed by atoms with Crippen LogP contribution >= 0.6 is 0 Å². The molecule has 1 saturated carbocycles. The first-order chi connectivity index (χ1) is 16.0. The summed E-state index contributed by atoms with van der Waals surface area (Å²) in [5.74, 6) is -0.348. The first-order valence-electron chi connectivity index (χ1n) is 11.5. The van der Waals surface area contributed by atoms with E-state index < -0.39 is 12.0 Å². The third-order valence-electron chi connectivity index (χ3n) is 7.59. The number of hydrogen-bond acceptors (Lipinski definition) is 7. The lowest BCUT2D eigenvalue weighted by atomic mass is 9.94. The van der Waals surface area contributed by atoms with Gasteiger partial charge in [-0.2, -0.15) is 9.97 Å². The van der Waals surface area contributed by atoms with Gasteiger partial charge >= 0.3 is 6.01 Å². The second-order valence-corrected chi connectivity index (χ2v) is 9.60. The smallest absolute Gasteiger partial charge is 0.319 e. The van der Waals surface area contributed by atoms with Gasteiger partial charge in [0, 0.05) is 25.2 Å². The number of aromatic nitrogens is 3. The van der Waals surface area contributed by atoms with Crippen LogP contribution in [0.4, 0.5) is 19.0 Å². The van der Waals surface area contributed by atoms with Crippen molar-refractivity contribution in [2.45, 2.75) is 43.9 Å². The molecule has 10 heteroatoms. The van der Waals surface area contributed by atoms with Crippen molar-refractivity contribution in [2.75, 3.05) is 44.4 Å². The van der Waals surface area contributed by atoms with Gasteiger partial charge in [-0.25, -0.2) is 13.2 Å². The molecule has 0 radical (unpaired) electrons. The van der Waals surface area contributed by atoms with Crippen molar-refractivity contribution in [3.63, 3.8) is 0 Å². The fourth-order valence-corrected chi connectivity index (χ4v) is 5.74. The molecule has 1 aliphatic carbocycles. The normalized spacial score (nSPS) is 32.8. The average molecular weight is 461 g/mol. The van der Waals surface area contributed by atoms with Gasteiger partial charge in [0.05, 0.1) is 42.2 Å². The van der Waals surface area contributed by atoms with E-state index in [4.69, 9.17) is 9.47 Å². The molecule has 4 atom stereocenters. The maximum absolute atomic E-state index is 15.1. The molecular formula is C23H26F3N5O2. The second kappa shape index (κ2) is 7.80. The highest BCUT2D eigenvalue weighted by atomic mass is 19.1. The zero-order valence-corrected chi connectivity index (χ0v) is 18.4. The molecule has 0 N–H and O–H groups in total. The Morgan fingerprint density at radius 2 is 2.21 bits per heavy atom. The number of fused-ring (bicyclic) bond motifs is 3. The third kappa shape index (κ3) is 3.37. The molecule has 3 unspecified atom stereocenters. The van der Waals surface area contributed by atoms with E-state index in [9.17, 15) is 8.78 Å². The van der Waals surface area contributed by atoms with Gasteiger partial charge in [0.2, 0.25) is 0 Å². The van der Waals surface area contributed by atoms with E-state index in [-0.39, 0.29) is 41.3 Å². The Kier molecular flexibility index (Phi) is 4.99. The Hall–Kier alpha value is -2.46. The van der Waals surface area contributed by atoms with Crippen LogP contribution in [0, 0.1) is 18.7 Å². The molecule has 5 heterocycles. The van der Waals surface area contributed by atoms with Gasteiger partial charge in [-0.1, -0.05) is 0 Å². The number of pyridine rings is 1. The Morgan fingerprint density at radius 3 is 3.06 bits per heavy atom. The Labute approximate surface area is 189 Å². The summed E-state index contributed by atoms with van der Waals surface area (Å²) >= 11 is 0. The van der Waals surface area contributed by atoms with Crippen LogP contribution in [0.2, 0.25) is 0 Å². The van der Waals surface area contributed by atoms with E-state index in [1.165, 1.54) is 6.20 Å². The second-order valence-electron chi connectivity index (χ2n) is 9.60. The van der Waals surface area contributed by atoms with Crippen LogP contribution in [0.1, 0.15) is 25.0 Å². The molecular weight excluding hydrogens is 435 g/mol. The highest BCUT2D eigenvalue weighted by Crippen LogP contribution is 2.45. The van der Waals surface area contributed by atoms with Crippen molar-refractivity contribution in [1.82, 2.24) is 19.9 Å². The molecule has 7 nitrogen and oxygen atoms in total. The summed E-state index contributed by atoms with van der Waals surface area (Å²) < 4.78 is 54.4. The zero-order chi connectivity index (χ0) is 22.7. The van der Waals surface area contributed by atoms with Crippen molar-refractivity contribution in [3.05, 3.63) is 29.6 Å². The molecule has 6 rings (SSSR count). The topological polar surface area (TPSA) is 63.6 Å². The van der Waals surface area contributed by atoms with Crippen LogP contribution in [0.5, 0.6) is 6.01 Å². The van der Waals surface area contributed by atoms with Gasteiger partial charge in [0.1, 0.15) is 24.1 Å². The standard InChI is InChI=1S/C23H26F3N5O2/c1-13-17(25)19-15(9-27-13)21(31-5-6-32-11-16-18(26)20(16)31)29-22(28-19)33-12-23-3-2-4-30(23)10-14(7-23)8-24/h8-9,16,18,20H,2-7,10-12H2,1H3/b14-8-/t16?,18?,20?,23-/m0/s1. The van der Waals surface area contributed by atoms with E-state index >= 15 is 4.39 Å². The lowest BCUT2D eigenvalue weighted by Crippen LogP contribution is -2.43. The minimum Gasteiger partial charge on any atom is -0.461 e. The number of aryl methyl sites for hydroxylation is 1. The summed E-state index contributed by atoms with van der Waals surface area (Å²) in [6, 6.07) is -0.322. The molecule has 0 amide bonds. The molecule has 0 spiro atoms. The molecule has 176 valence electrons. The maximum Gasteiger partial charge on any atom is 0.319 e. The summed E-state index contributed by atoms with van der Waals surface area (Å²) in [7, 11) is 0. The molecule has 0 bridgehead atoms. The van der Waals surface area contributed by atoms with Gasteiger partial charge in [-0.05, 0) is 38.3 Å². The largest absolute Gasteiger partial charge is 0.461 e. The Morgan fingerprint density at radius 1 is 1.33 bits per heavy atom. The van der Waals surface area contributed by atoms with Crippen LogP contribution in [0.15, 0.2) is 18.1 Å². The number of hydrogen-bond donors (Lipinski definition) is 0. The summed E-state index contributed by atoms with van der Waals surface area (Å²) in [5.41, 5.74) is 0.783. The third-order valence-corrected chi connectivity index (χ3v) is 7.59. The van der Waals surface area contributed by atoms with Gasteiger partial charge in [0.15, 0.2) is 5.82 Å². The lowest BCUT2D eigenvalue weighted by molar-refractivity contribution is 0.108. The first-order valence-corrected chi connectivity index (χ1v) is 11.5. The van der Waals surface area contributed by atoms with Crippen LogP contribution in [-0.4, -0.2) is 77.1 Å². The summed E-state index contributed by atoms with van der Waals surface area (Å²) in [6.07, 6.45) is 3.71. The molecule has 33 heavy (non-hydrogen) atoms. The van der Waals surface area contributed by atoms with E-state index in [1.54, 1.807) is 6.92 Å². The minimum absolute atomic E-state index is 0.0404. The van der Waals surface area contributed by atoms with E-state index in [2.05, 4.69) is 19.9 Å². The van der Waals surface area contributed by atoms with E-state index in [0.29, 0.717) is 50.3 Å². The number of anilines is 1. The average Bonchev–Trinajstić information content (AvgIpc) is 3.17. The quantitative estimate of drug-likeness (QED) is 0.693. The molecule has 2 aromatic heterocycles. The summed E-state index contributed by atoms with van der Waals surface area (Å²) in [4.78, 5) is 17.2. The summed E-state index contributed by atoms with van der Waals surface area (Å²) in [6.45, 7) is 4.57. The van der Waals surface area contributed by atoms with Gasteiger partial charge in [-0.15, -0.1) is 0 Å². The fraction of sp³-hybridized carbons (Fsp3) is 0.609. The van der Waals surface area contributed by atoms with Crippen molar-refractivity contribution < 1.29 is 22.6 Å². The van der Waals surface area contributed by atoms with Crippen molar-refractivity contribution in [2.24, 2.45) is 5.92 Å². The number of ether oxygens (including phenoxy) is 2. The summed E-state index contributed by atoms with van der Waals surface area (Å²) in [5, 5.41) is 0.425. The monoisotopic (exact) mass is 461 g/mol.